The van der Waals surface area contributed by atoms with Crippen LogP contribution in [0.1, 0.15) is 25.0 Å². The molecule has 0 saturated carbocycles. The summed E-state index contributed by atoms with van der Waals surface area (Å²) in [6.45, 7) is 7.72. The number of hydrogen-bond donors (Lipinski definition) is 2. The van der Waals surface area contributed by atoms with Gasteiger partial charge in [0.05, 0.1) is 5.60 Å². The van der Waals surface area contributed by atoms with Crippen LogP contribution in [0.15, 0.2) is 140 Å². The molecule has 0 radical (unpaired) electrons. The molecule has 9 aromatic rings. The molecule has 0 saturated heterocycles. The van der Waals surface area contributed by atoms with Crippen LogP contribution in [0.4, 0.5) is 0 Å². The van der Waals surface area contributed by atoms with E-state index >= 15 is 0 Å². The summed E-state index contributed by atoms with van der Waals surface area (Å²) in [6, 6.07) is 47.1. The Morgan fingerprint density at radius 3 is 1.81 bits per heavy atom. The van der Waals surface area contributed by atoms with Gasteiger partial charge in [0.1, 0.15) is 5.76 Å². The van der Waals surface area contributed by atoms with Gasteiger partial charge in [0.2, 0.25) is 0 Å². The van der Waals surface area contributed by atoms with Crippen molar-refractivity contribution in [3.05, 3.63) is 151 Å². The summed E-state index contributed by atoms with van der Waals surface area (Å²) >= 11 is 0. The van der Waals surface area contributed by atoms with Crippen molar-refractivity contribution in [1.82, 2.24) is 0 Å². The van der Waals surface area contributed by atoms with Gasteiger partial charge in [0.15, 0.2) is 0 Å². The molecular weight excluding hydrogens is 572 g/mol. The zero-order valence-corrected chi connectivity index (χ0v) is 26.3. The summed E-state index contributed by atoms with van der Waals surface area (Å²) in [6.07, 6.45) is 0. The van der Waals surface area contributed by atoms with Crippen molar-refractivity contribution in [3.63, 3.8) is 0 Å². The summed E-state index contributed by atoms with van der Waals surface area (Å²) in [5.74, 6) is -0.0102. The Balaban J connectivity index is 1.38. The van der Waals surface area contributed by atoms with E-state index in [2.05, 4.69) is 134 Å². The molecule has 2 N–H and O–H groups in total. The summed E-state index contributed by atoms with van der Waals surface area (Å²) in [5.41, 5.74) is 3.96. The standard InChI is InChI=1S/C45H32O2/c1-26(46)37-24-40(34-21-19-30-17-16-28-10-8-11-29-20-22-36(34)44(30)42(28)29)41(45(2,3)47)25-39(37)38-23-31-18-15-27-9-4-5-12-32(27)43(31)35-14-7-6-13-33(35)38/h4-25,46-47H,1H2,2-3H3. The van der Waals surface area contributed by atoms with Crippen molar-refractivity contribution in [2.45, 2.75) is 19.4 Å². The maximum atomic E-state index is 11.8. The van der Waals surface area contributed by atoms with Gasteiger partial charge in [-0.3, -0.25) is 0 Å². The Bertz CT molecular complexity index is 2730. The second-order valence-corrected chi connectivity index (χ2v) is 13.3. The third-order valence-electron chi connectivity index (χ3n) is 9.98. The lowest BCUT2D eigenvalue weighted by molar-refractivity contribution is 0.0792. The third kappa shape index (κ3) is 4.08. The number of benzene rings is 9. The molecular formula is C45H32O2. The highest BCUT2D eigenvalue weighted by molar-refractivity contribution is 6.26. The first kappa shape index (κ1) is 27.6. The van der Waals surface area contributed by atoms with E-state index in [9.17, 15) is 10.2 Å². The average molecular weight is 605 g/mol. The summed E-state index contributed by atoms with van der Waals surface area (Å²) in [5, 5.41) is 37.1. The summed E-state index contributed by atoms with van der Waals surface area (Å²) in [4.78, 5) is 0. The molecule has 9 aromatic carbocycles. The first-order valence-electron chi connectivity index (χ1n) is 16.1. The molecule has 2 nitrogen and oxygen atoms in total. The highest BCUT2D eigenvalue weighted by Crippen LogP contribution is 2.46. The predicted octanol–water partition coefficient (Wildman–Crippen LogP) is 12.1. The SMILES string of the molecule is C=C(O)c1cc(-c2ccc3ccc4cccc5ccc2c3c45)c(C(C)(C)O)cc1-c1cc2ccc3ccccc3c2c2ccccc12. The van der Waals surface area contributed by atoms with Crippen molar-refractivity contribution in [2.24, 2.45) is 0 Å². The molecule has 2 heteroatoms. The van der Waals surface area contributed by atoms with Gasteiger partial charge in [0, 0.05) is 5.56 Å². The van der Waals surface area contributed by atoms with Crippen molar-refractivity contribution in [2.75, 3.05) is 0 Å². The fourth-order valence-corrected chi connectivity index (χ4v) is 7.86. The second kappa shape index (κ2) is 9.90. The van der Waals surface area contributed by atoms with Crippen molar-refractivity contribution >= 4 is 70.4 Å². The minimum atomic E-state index is -1.17. The maximum Gasteiger partial charge on any atom is 0.116 e. The van der Waals surface area contributed by atoms with Crippen LogP contribution in [0.3, 0.4) is 0 Å². The van der Waals surface area contributed by atoms with Gasteiger partial charge in [-0.1, -0.05) is 122 Å². The van der Waals surface area contributed by atoms with E-state index in [4.69, 9.17) is 0 Å². The first-order valence-corrected chi connectivity index (χ1v) is 16.1. The van der Waals surface area contributed by atoms with Crippen LogP contribution in [-0.2, 0) is 5.60 Å². The van der Waals surface area contributed by atoms with Crippen molar-refractivity contribution in [1.29, 1.82) is 0 Å². The van der Waals surface area contributed by atoms with Gasteiger partial charge in [-0.05, 0) is 124 Å². The van der Waals surface area contributed by atoms with Gasteiger partial charge in [-0.15, -0.1) is 0 Å². The zero-order chi connectivity index (χ0) is 32.0. The van der Waals surface area contributed by atoms with Crippen molar-refractivity contribution in [3.8, 4) is 22.3 Å². The lowest BCUT2D eigenvalue weighted by Crippen LogP contribution is -2.17. The molecule has 0 aliphatic rings. The second-order valence-electron chi connectivity index (χ2n) is 13.3. The minimum Gasteiger partial charge on any atom is -0.508 e. The van der Waals surface area contributed by atoms with Gasteiger partial charge in [0.25, 0.3) is 0 Å². The predicted molar refractivity (Wildman–Crippen MR) is 200 cm³/mol. The van der Waals surface area contributed by atoms with E-state index in [-0.39, 0.29) is 5.76 Å². The van der Waals surface area contributed by atoms with Gasteiger partial charge in [-0.25, -0.2) is 0 Å². The fraction of sp³-hybridized carbons (Fsp3) is 0.0667. The van der Waals surface area contributed by atoms with Crippen LogP contribution in [0, 0.1) is 0 Å². The van der Waals surface area contributed by atoms with Crippen LogP contribution in [0.5, 0.6) is 0 Å². The molecule has 9 rings (SSSR count). The molecule has 0 unspecified atom stereocenters. The molecule has 0 fully saturated rings. The van der Waals surface area contributed by atoms with E-state index in [0.717, 1.165) is 49.4 Å². The van der Waals surface area contributed by atoms with Crippen LogP contribution < -0.4 is 0 Å². The molecule has 0 spiro atoms. The van der Waals surface area contributed by atoms with Gasteiger partial charge in [-0.2, -0.15) is 0 Å². The highest BCUT2D eigenvalue weighted by atomic mass is 16.3. The molecule has 0 bridgehead atoms. The van der Waals surface area contributed by atoms with Crippen LogP contribution in [-0.4, -0.2) is 10.2 Å². The average Bonchev–Trinajstić information content (AvgIpc) is 3.09. The normalized spacial score (nSPS) is 12.3. The topological polar surface area (TPSA) is 40.5 Å². The summed E-state index contributed by atoms with van der Waals surface area (Å²) in [7, 11) is 0. The molecule has 0 aromatic heterocycles. The Kier molecular flexibility index (Phi) is 5.81. The fourth-order valence-electron chi connectivity index (χ4n) is 7.86. The van der Waals surface area contributed by atoms with E-state index in [1.807, 2.05) is 19.9 Å². The Labute approximate surface area is 272 Å². The molecule has 47 heavy (non-hydrogen) atoms. The van der Waals surface area contributed by atoms with Crippen LogP contribution in [0.2, 0.25) is 0 Å². The van der Waals surface area contributed by atoms with E-state index in [1.165, 1.54) is 43.1 Å². The monoisotopic (exact) mass is 604 g/mol. The Morgan fingerprint density at radius 2 is 1.06 bits per heavy atom. The Morgan fingerprint density at radius 1 is 0.468 bits per heavy atom. The van der Waals surface area contributed by atoms with E-state index in [1.54, 1.807) is 0 Å². The molecule has 0 amide bonds. The molecule has 224 valence electrons. The van der Waals surface area contributed by atoms with Crippen LogP contribution in [0.25, 0.3) is 92.6 Å². The van der Waals surface area contributed by atoms with E-state index < -0.39 is 5.60 Å². The Hall–Kier alpha value is -5.70. The maximum absolute atomic E-state index is 11.8. The molecule has 0 heterocycles. The molecule has 0 aliphatic carbocycles. The lowest BCUT2D eigenvalue weighted by atomic mass is 9.81. The molecule has 0 atom stereocenters. The third-order valence-corrected chi connectivity index (χ3v) is 9.98. The summed E-state index contributed by atoms with van der Waals surface area (Å²) < 4.78 is 0. The number of aliphatic hydroxyl groups is 2. The minimum absolute atomic E-state index is 0.0102. The quantitative estimate of drug-likeness (QED) is 0.155. The number of fused-ring (bicyclic) bond motifs is 5. The van der Waals surface area contributed by atoms with Gasteiger partial charge >= 0.3 is 0 Å². The number of hydrogen-bond acceptors (Lipinski definition) is 2. The van der Waals surface area contributed by atoms with E-state index in [0.29, 0.717) is 5.56 Å². The van der Waals surface area contributed by atoms with Crippen LogP contribution >= 0.6 is 0 Å². The highest BCUT2D eigenvalue weighted by Gasteiger charge is 2.26. The number of aliphatic hydroxyl groups excluding tert-OH is 1. The first-order chi connectivity index (χ1) is 22.8. The zero-order valence-electron chi connectivity index (χ0n) is 26.3. The number of rotatable bonds is 4. The smallest absolute Gasteiger partial charge is 0.116 e. The van der Waals surface area contributed by atoms with Gasteiger partial charge < -0.3 is 10.2 Å². The largest absolute Gasteiger partial charge is 0.508 e. The van der Waals surface area contributed by atoms with Crippen molar-refractivity contribution < 1.29 is 10.2 Å². The lowest BCUT2D eigenvalue weighted by Gasteiger charge is -2.26. The molecule has 0 aliphatic heterocycles.